The fourth-order valence-electron chi connectivity index (χ4n) is 0.359. The Kier molecular flexibility index (Phi) is 3.43. The molecule has 0 aromatic heterocycles. The van der Waals surface area contributed by atoms with Gasteiger partial charge >= 0.3 is 0 Å². The first kappa shape index (κ1) is 7.94. The quantitative estimate of drug-likeness (QED) is 0.414. The lowest BCUT2D eigenvalue weighted by molar-refractivity contribution is -0.114. The number of rotatable bonds is 2. The van der Waals surface area contributed by atoms with E-state index in [0.29, 0.717) is 5.71 Å². The van der Waals surface area contributed by atoms with Gasteiger partial charge in [0.05, 0.1) is 0 Å². The van der Waals surface area contributed by atoms with Crippen molar-refractivity contribution in [1.82, 2.24) is 5.32 Å². The smallest absolute Gasteiger partial charge is 0.268 e. The molecular weight excluding hydrogens is 120 g/mol. The number of amides is 1. The number of carbonyl (C=O) groups is 1. The molecule has 4 nitrogen and oxygen atoms in total. The van der Waals surface area contributed by atoms with Gasteiger partial charge in [0.15, 0.2) is 0 Å². The Hall–Kier alpha value is -1.06. The highest BCUT2D eigenvalue weighted by Gasteiger charge is 2.00. The van der Waals surface area contributed by atoms with Crippen LogP contribution in [0.3, 0.4) is 0 Å². The van der Waals surface area contributed by atoms with Gasteiger partial charge in [0.1, 0.15) is 12.8 Å². The van der Waals surface area contributed by atoms with Crippen LogP contribution in [0, 0.1) is 0 Å². The molecule has 52 valence electrons. The second-order valence-electron chi connectivity index (χ2n) is 1.44. The van der Waals surface area contributed by atoms with Crippen LogP contribution >= 0.6 is 0 Å². The van der Waals surface area contributed by atoms with Crippen molar-refractivity contribution >= 4 is 11.6 Å². The number of hydrogen-bond acceptors (Lipinski definition) is 3. The molecule has 0 saturated carbocycles. The van der Waals surface area contributed by atoms with E-state index in [1.165, 1.54) is 14.2 Å². The summed E-state index contributed by atoms with van der Waals surface area (Å²) in [4.78, 5) is 14.9. The highest BCUT2D eigenvalue weighted by atomic mass is 16.6. The molecule has 9 heavy (non-hydrogen) atoms. The molecule has 4 heteroatoms. The van der Waals surface area contributed by atoms with Crippen molar-refractivity contribution in [2.45, 2.75) is 6.92 Å². The maximum absolute atomic E-state index is 10.6. The molecule has 1 amide bonds. The molecule has 0 aliphatic carbocycles. The summed E-state index contributed by atoms with van der Waals surface area (Å²) in [6, 6.07) is 0. The predicted octanol–water partition coefficient (Wildman–Crippen LogP) is -0.245. The molecule has 0 unspecified atom stereocenters. The van der Waals surface area contributed by atoms with E-state index >= 15 is 0 Å². The van der Waals surface area contributed by atoms with E-state index in [1.54, 1.807) is 6.92 Å². The maximum Gasteiger partial charge on any atom is 0.268 e. The van der Waals surface area contributed by atoms with Gasteiger partial charge in [-0.1, -0.05) is 5.16 Å². The van der Waals surface area contributed by atoms with Crippen LogP contribution in [-0.4, -0.2) is 25.8 Å². The number of hydrogen-bond donors (Lipinski definition) is 1. The average Bonchev–Trinajstić information content (AvgIpc) is 1.87. The van der Waals surface area contributed by atoms with Crippen molar-refractivity contribution in [2.24, 2.45) is 5.16 Å². The number of nitrogens with zero attached hydrogens (tertiary/aromatic N) is 1. The van der Waals surface area contributed by atoms with Gasteiger partial charge in [0.2, 0.25) is 0 Å². The lowest BCUT2D eigenvalue weighted by Crippen LogP contribution is -2.25. The van der Waals surface area contributed by atoms with Crippen molar-refractivity contribution in [3.63, 3.8) is 0 Å². The van der Waals surface area contributed by atoms with Crippen LogP contribution < -0.4 is 5.32 Å². The second-order valence-corrected chi connectivity index (χ2v) is 1.44. The zero-order valence-electron chi connectivity index (χ0n) is 5.76. The number of nitrogens with one attached hydrogen (secondary N) is 1. The normalized spacial score (nSPS) is 10.8. The molecule has 0 heterocycles. The van der Waals surface area contributed by atoms with Crippen molar-refractivity contribution < 1.29 is 9.63 Å². The first-order chi connectivity index (χ1) is 4.22. The maximum atomic E-state index is 10.6. The molecular formula is C5H10N2O2. The van der Waals surface area contributed by atoms with Crippen molar-refractivity contribution in [3.05, 3.63) is 0 Å². The summed E-state index contributed by atoms with van der Waals surface area (Å²) in [6.07, 6.45) is 0. The summed E-state index contributed by atoms with van der Waals surface area (Å²) in [6.45, 7) is 1.57. The average molecular weight is 130 g/mol. The van der Waals surface area contributed by atoms with Crippen LogP contribution in [0.2, 0.25) is 0 Å². The standard InChI is InChI=1S/C5H10N2O2/c1-4(7-9-3)5(8)6-2/h1-3H3,(H,6,8)/b7-4+. The Labute approximate surface area is 53.9 Å². The summed E-state index contributed by atoms with van der Waals surface area (Å²) in [5, 5.41) is 5.80. The van der Waals surface area contributed by atoms with Crippen molar-refractivity contribution in [3.8, 4) is 0 Å². The van der Waals surface area contributed by atoms with Gasteiger partial charge in [-0.15, -0.1) is 0 Å². The summed E-state index contributed by atoms with van der Waals surface area (Å²) in [5.41, 5.74) is 0.319. The van der Waals surface area contributed by atoms with E-state index in [1.807, 2.05) is 0 Å². The summed E-state index contributed by atoms with van der Waals surface area (Å²) < 4.78 is 0. The Balaban J connectivity index is 3.86. The molecule has 0 aliphatic rings. The van der Waals surface area contributed by atoms with E-state index in [4.69, 9.17) is 0 Å². The molecule has 0 fully saturated rings. The van der Waals surface area contributed by atoms with Gasteiger partial charge < -0.3 is 10.2 Å². The largest absolute Gasteiger partial charge is 0.399 e. The van der Waals surface area contributed by atoms with Crippen LogP contribution in [0.4, 0.5) is 0 Å². The lowest BCUT2D eigenvalue weighted by Gasteiger charge is -1.94. The monoisotopic (exact) mass is 130 g/mol. The number of oxime groups is 1. The fourth-order valence-corrected chi connectivity index (χ4v) is 0.359. The SMILES string of the molecule is CNC(=O)/C(C)=N/OC. The highest BCUT2D eigenvalue weighted by molar-refractivity contribution is 6.37. The van der Waals surface area contributed by atoms with E-state index in [9.17, 15) is 4.79 Å². The molecule has 0 spiro atoms. The van der Waals surface area contributed by atoms with Crippen LogP contribution in [0.5, 0.6) is 0 Å². The molecule has 0 radical (unpaired) electrons. The number of carbonyl (C=O) groups excluding carboxylic acids is 1. The van der Waals surface area contributed by atoms with Crippen LogP contribution in [0.15, 0.2) is 5.16 Å². The molecule has 0 saturated heterocycles. The third-order valence-electron chi connectivity index (χ3n) is 0.784. The lowest BCUT2D eigenvalue weighted by atomic mass is 10.4. The molecule has 1 N–H and O–H groups in total. The summed E-state index contributed by atoms with van der Waals surface area (Å²) >= 11 is 0. The van der Waals surface area contributed by atoms with Gasteiger partial charge in [-0.05, 0) is 6.92 Å². The highest BCUT2D eigenvalue weighted by Crippen LogP contribution is 1.76. The van der Waals surface area contributed by atoms with Gasteiger partial charge in [0.25, 0.3) is 5.91 Å². The first-order valence-electron chi connectivity index (χ1n) is 2.52. The van der Waals surface area contributed by atoms with E-state index in [0.717, 1.165) is 0 Å². The Morgan fingerprint density at radius 1 is 1.67 bits per heavy atom. The van der Waals surface area contributed by atoms with Crippen LogP contribution in [-0.2, 0) is 9.63 Å². The van der Waals surface area contributed by atoms with Gasteiger partial charge in [0, 0.05) is 7.05 Å². The van der Waals surface area contributed by atoms with Crippen LogP contribution in [0.25, 0.3) is 0 Å². The molecule has 0 rings (SSSR count). The zero-order valence-corrected chi connectivity index (χ0v) is 5.76. The van der Waals surface area contributed by atoms with E-state index in [-0.39, 0.29) is 5.91 Å². The minimum atomic E-state index is -0.225. The van der Waals surface area contributed by atoms with Gasteiger partial charge in [-0.25, -0.2) is 0 Å². The molecule has 0 aliphatic heterocycles. The van der Waals surface area contributed by atoms with Gasteiger partial charge in [-0.3, -0.25) is 4.79 Å². The molecule has 0 atom stereocenters. The second kappa shape index (κ2) is 3.88. The Morgan fingerprint density at radius 3 is 2.56 bits per heavy atom. The summed E-state index contributed by atoms with van der Waals surface area (Å²) in [5.74, 6) is -0.225. The minimum Gasteiger partial charge on any atom is -0.399 e. The Morgan fingerprint density at radius 2 is 2.22 bits per heavy atom. The first-order valence-corrected chi connectivity index (χ1v) is 2.52. The topological polar surface area (TPSA) is 50.7 Å². The zero-order chi connectivity index (χ0) is 7.28. The minimum absolute atomic E-state index is 0.225. The van der Waals surface area contributed by atoms with Crippen molar-refractivity contribution in [1.29, 1.82) is 0 Å². The van der Waals surface area contributed by atoms with Crippen LogP contribution in [0.1, 0.15) is 6.92 Å². The van der Waals surface area contributed by atoms with E-state index < -0.39 is 0 Å². The fraction of sp³-hybridized carbons (Fsp3) is 0.600. The summed E-state index contributed by atoms with van der Waals surface area (Å²) in [7, 11) is 2.93. The van der Waals surface area contributed by atoms with E-state index in [2.05, 4.69) is 15.3 Å². The van der Waals surface area contributed by atoms with Gasteiger partial charge in [-0.2, -0.15) is 0 Å². The predicted molar refractivity (Wildman–Crippen MR) is 34.2 cm³/mol. The Bertz CT molecular complexity index is 131. The third kappa shape index (κ3) is 2.69. The molecule has 0 aromatic rings. The van der Waals surface area contributed by atoms with Crippen molar-refractivity contribution in [2.75, 3.05) is 14.2 Å². The molecule has 0 bridgehead atoms. The molecule has 0 aromatic carbocycles. The third-order valence-corrected chi connectivity index (χ3v) is 0.784.